The molecule has 0 radical (unpaired) electrons. The van der Waals surface area contributed by atoms with Crippen molar-refractivity contribution < 1.29 is 0 Å². The van der Waals surface area contributed by atoms with E-state index in [0.29, 0.717) is 12.0 Å². The Kier molecular flexibility index (Phi) is 5.47. The van der Waals surface area contributed by atoms with Gasteiger partial charge in [-0.2, -0.15) is 10.5 Å². The fourth-order valence-electron chi connectivity index (χ4n) is 0.870. The molecule has 2 N–H and O–H groups in total. The summed E-state index contributed by atoms with van der Waals surface area (Å²) in [6, 6.07) is 3.72. The Balaban J connectivity index is 4.05. The highest BCUT2D eigenvalue weighted by atomic mass is 14.6. The van der Waals surface area contributed by atoms with Crippen molar-refractivity contribution in [2.24, 2.45) is 5.73 Å². The van der Waals surface area contributed by atoms with Crippen LogP contribution in [0.25, 0.3) is 0 Å². The van der Waals surface area contributed by atoms with Crippen molar-refractivity contribution >= 4 is 0 Å². The zero-order valence-corrected chi connectivity index (χ0v) is 7.30. The second-order valence-corrected chi connectivity index (χ2v) is 2.57. The molecule has 0 aliphatic rings. The monoisotopic (exact) mass is 163 g/mol. The van der Waals surface area contributed by atoms with E-state index in [1.54, 1.807) is 6.07 Å². The molecule has 12 heavy (non-hydrogen) atoms. The lowest BCUT2D eigenvalue weighted by Gasteiger charge is -1.97. The molecule has 0 unspecified atom stereocenters. The van der Waals surface area contributed by atoms with E-state index >= 15 is 0 Å². The van der Waals surface area contributed by atoms with Crippen molar-refractivity contribution in [2.75, 3.05) is 0 Å². The Bertz CT molecular complexity index is 239. The first-order valence-corrected chi connectivity index (χ1v) is 4.05. The number of nitrogens with zero attached hydrogens (tertiary/aromatic N) is 2. The molecule has 0 amide bonds. The van der Waals surface area contributed by atoms with Crippen LogP contribution in [0, 0.1) is 22.7 Å². The van der Waals surface area contributed by atoms with Gasteiger partial charge in [-0.1, -0.05) is 19.8 Å². The van der Waals surface area contributed by atoms with Gasteiger partial charge in [-0.15, -0.1) is 0 Å². The largest absolute Gasteiger partial charge is 0.389 e. The number of allylic oxidation sites excluding steroid dienone is 2. The zero-order valence-electron chi connectivity index (χ0n) is 7.30. The van der Waals surface area contributed by atoms with Gasteiger partial charge in [-0.25, -0.2) is 0 Å². The van der Waals surface area contributed by atoms with Crippen LogP contribution in [-0.2, 0) is 0 Å². The van der Waals surface area contributed by atoms with Gasteiger partial charge in [0.2, 0.25) is 0 Å². The molecular formula is C9H13N3. The molecule has 0 aromatic carbocycles. The summed E-state index contributed by atoms with van der Waals surface area (Å²) >= 11 is 0. The minimum atomic E-state index is 0.0635. The minimum absolute atomic E-state index is 0.0635. The maximum atomic E-state index is 8.59. The number of rotatable bonds is 4. The molecule has 0 atom stereocenters. The van der Waals surface area contributed by atoms with Crippen LogP contribution < -0.4 is 5.73 Å². The molecule has 0 saturated carbocycles. The molecule has 3 heteroatoms. The minimum Gasteiger partial charge on any atom is -0.389 e. The van der Waals surface area contributed by atoms with Crippen LogP contribution in [0.5, 0.6) is 0 Å². The van der Waals surface area contributed by atoms with Crippen LogP contribution in [0.1, 0.15) is 32.6 Å². The lowest BCUT2D eigenvalue weighted by atomic mass is 10.1. The van der Waals surface area contributed by atoms with Crippen LogP contribution in [0.2, 0.25) is 0 Å². The summed E-state index contributed by atoms with van der Waals surface area (Å²) in [7, 11) is 0. The second-order valence-electron chi connectivity index (χ2n) is 2.57. The van der Waals surface area contributed by atoms with E-state index < -0.39 is 0 Å². The Morgan fingerprint density at radius 2 is 1.92 bits per heavy atom. The zero-order chi connectivity index (χ0) is 9.40. The summed E-state index contributed by atoms with van der Waals surface area (Å²) in [5.74, 6) is 0. The first kappa shape index (κ1) is 10.5. The summed E-state index contributed by atoms with van der Waals surface area (Å²) in [4.78, 5) is 0. The van der Waals surface area contributed by atoms with Crippen LogP contribution in [0.4, 0.5) is 0 Å². The van der Waals surface area contributed by atoms with Gasteiger partial charge in [0.25, 0.3) is 0 Å². The highest BCUT2D eigenvalue weighted by Crippen LogP contribution is 2.09. The topological polar surface area (TPSA) is 73.6 Å². The van der Waals surface area contributed by atoms with E-state index in [1.807, 2.05) is 6.07 Å². The molecule has 0 aliphatic heterocycles. The molecule has 0 aromatic rings. The molecule has 0 rings (SSSR count). The lowest BCUT2D eigenvalue weighted by molar-refractivity contribution is 0.718. The van der Waals surface area contributed by atoms with Crippen LogP contribution in [0.15, 0.2) is 11.3 Å². The average Bonchev–Trinajstić information content (AvgIpc) is 2.11. The Hall–Kier alpha value is -1.48. The molecule has 0 saturated heterocycles. The van der Waals surface area contributed by atoms with Gasteiger partial charge in [0.1, 0.15) is 11.8 Å². The van der Waals surface area contributed by atoms with Gasteiger partial charge < -0.3 is 5.73 Å². The molecule has 0 spiro atoms. The molecule has 0 aliphatic carbocycles. The van der Waals surface area contributed by atoms with E-state index in [4.69, 9.17) is 16.3 Å². The summed E-state index contributed by atoms with van der Waals surface area (Å²) in [6.07, 6.45) is 3.74. The molecular weight excluding hydrogens is 150 g/mol. The molecule has 3 nitrogen and oxygen atoms in total. The van der Waals surface area contributed by atoms with Crippen molar-refractivity contribution in [1.29, 1.82) is 10.5 Å². The first-order chi connectivity index (χ1) is 5.76. The highest BCUT2D eigenvalue weighted by molar-refractivity contribution is 5.34. The van der Waals surface area contributed by atoms with E-state index in [2.05, 4.69) is 6.92 Å². The summed E-state index contributed by atoms with van der Waals surface area (Å²) < 4.78 is 0. The van der Waals surface area contributed by atoms with E-state index in [1.165, 1.54) is 0 Å². The number of unbranched alkanes of at least 4 members (excludes halogenated alkanes) is 2. The quantitative estimate of drug-likeness (QED) is 0.507. The predicted molar refractivity (Wildman–Crippen MR) is 46.6 cm³/mol. The van der Waals surface area contributed by atoms with Crippen LogP contribution in [-0.4, -0.2) is 0 Å². The molecule has 64 valence electrons. The number of nitriles is 2. The standard InChI is InChI=1S/C9H13N3/c1-2-3-4-5-8(6-10)9(12)7-11/h2-5,12H2,1H3. The normalized spacial score (nSPS) is 11.2. The van der Waals surface area contributed by atoms with E-state index in [9.17, 15) is 0 Å². The van der Waals surface area contributed by atoms with Crippen molar-refractivity contribution in [1.82, 2.24) is 0 Å². The third-order valence-corrected chi connectivity index (χ3v) is 1.61. The third-order valence-electron chi connectivity index (χ3n) is 1.61. The van der Waals surface area contributed by atoms with Crippen molar-refractivity contribution in [3.63, 3.8) is 0 Å². The SMILES string of the molecule is CCCCCC(C#N)=C(N)C#N. The van der Waals surface area contributed by atoms with Crippen LogP contribution in [0.3, 0.4) is 0 Å². The highest BCUT2D eigenvalue weighted by Gasteiger charge is 2.00. The van der Waals surface area contributed by atoms with Crippen LogP contribution >= 0.6 is 0 Å². The molecule has 0 aromatic heterocycles. The van der Waals surface area contributed by atoms with Gasteiger partial charge in [-0.05, 0) is 12.8 Å². The van der Waals surface area contributed by atoms with E-state index in [0.717, 1.165) is 19.3 Å². The third kappa shape index (κ3) is 3.63. The van der Waals surface area contributed by atoms with Gasteiger partial charge >= 0.3 is 0 Å². The van der Waals surface area contributed by atoms with Gasteiger partial charge in [0, 0.05) is 0 Å². The lowest BCUT2D eigenvalue weighted by Crippen LogP contribution is -1.98. The van der Waals surface area contributed by atoms with Crippen molar-refractivity contribution in [3.05, 3.63) is 11.3 Å². The molecule has 0 heterocycles. The maximum absolute atomic E-state index is 8.59. The average molecular weight is 163 g/mol. The first-order valence-electron chi connectivity index (χ1n) is 4.05. The van der Waals surface area contributed by atoms with Gasteiger partial charge in [0.15, 0.2) is 0 Å². The smallest absolute Gasteiger partial charge is 0.124 e. The number of hydrogen-bond acceptors (Lipinski definition) is 3. The Labute approximate surface area is 73.1 Å². The summed E-state index contributed by atoms with van der Waals surface area (Å²) in [5, 5.41) is 17.0. The predicted octanol–water partition coefficient (Wildman–Crippen LogP) is 1.83. The molecule has 0 bridgehead atoms. The van der Waals surface area contributed by atoms with Crippen molar-refractivity contribution in [2.45, 2.75) is 32.6 Å². The van der Waals surface area contributed by atoms with E-state index in [-0.39, 0.29) is 5.70 Å². The fourth-order valence-corrected chi connectivity index (χ4v) is 0.870. The molecule has 0 fully saturated rings. The summed E-state index contributed by atoms with van der Waals surface area (Å²) in [5.41, 5.74) is 5.79. The number of hydrogen-bond donors (Lipinski definition) is 1. The second kappa shape index (κ2) is 6.24. The van der Waals surface area contributed by atoms with Gasteiger partial charge in [0.05, 0.1) is 11.6 Å². The summed E-state index contributed by atoms with van der Waals surface area (Å²) in [6.45, 7) is 2.09. The van der Waals surface area contributed by atoms with Gasteiger partial charge in [-0.3, -0.25) is 0 Å². The number of nitrogens with two attached hydrogens (primary N) is 1. The maximum Gasteiger partial charge on any atom is 0.124 e. The Morgan fingerprint density at radius 3 is 2.33 bits per heavy atom. The van der Waals surface area contributed by atoms with Crippen molar-refractivity contribution in [3.8, 4) is 12.1 Å². The Morgan fingerprint density at radius 1 is 1.25 bits per heavy atom. The fraction of sp³-hybridized carbons (Fsp3) is 0.556.